The Labute approximate surface area is 120 Å². The molecule has 0 bridgehead atoms. The number of benzene rings is 2. The maximum absolute atomic E-state index is 5.13. The van der Waals surface area contributed by atoms with E-state index in [4.69, 9.17) is 4.74 Å². The molecule has 1 N–H and O–H groups in total. The van der Waals surface area contributed by atoms with Crippen molar-refractivity contribution in [3.63, 3.8) is 0 Å². The first kappa shape index (κ1) is 14.0. The quantitative estimate of drug-likeness (QED) is 0.851. The lowest BCUT2D eigenvalue weighted by Gasteiger charge is -2.09. The van der Waals surface area contributed by atoms with E-state index in [1.807, 2.05) is 43.3 Å². The average Bonchev–Trinajstić information content (AvgIpc) is 2.46. The summed E-state index contributed by atoms with van der Waals surface area (Å²) in [7, 11) is 1.67. The summed E-state index contributed by atoms with van der Waals surface area (Å²) in [6.07, 6.45) is 0. The first-order valence-electron chi connectivity index (χ1n) is 6.66. The lowest BCUT2D eigenvalue weighted by Crippen LogP contribution is -2.12. The summed E-state index contributed by atoms with van der Waals surface area (Å²) in [6.45, 7) is 4.12. The second-order valence-corrected chi connectivity index (χ2v) is 4.73. The smallest absolute Gasteiger partial charge is 0.119 e. The number of ether oxygens (including phenoxy) is 1. The minimum atomic E-state index is 0.0870. The molecule has 0 aromatic heterocycles. The summed E-state index contributed by atoms with van der Waals surface area (Å²) >= 11 is 0. The van der Waals surface area contributed by atoms with Crippen LogP contribution < -0.4 is 10.1 Å². The monoisotopic (exact) mass is 265 g/mol. The molecule has 0 unspecified atom stereocenters. The van der Waals surface area contributed by atoms with Crippen LogP contribution in [0.2, 0.25) is 0 Å². The molecule has 0 aliphatic heterocycles. The first-order chi connectivity index (χ1) is 9.67. The highest BCUT2D eigenvalue weighted by atomic mass is 16.5. The maximum Gasteiger partial charge on any atom is 0.119 e. The zero-order valence-electron chi connectivity index (χ0n) is 12.1. The lowest BCUT2D eigenvalue weighted by atomic mass is 10.1. The number of rotatable bonds is 3. The molecule has 0 fully saturated rings. The van der Waals surface area contributed by atoms with Crippen molar-refractivity contribution in [2.24, 2.45) is 0 Å². The summed E-state index contributed by atoms with van der Waals surface area (Å²) in [5, 5.41) is 3.35. The fraction of sp³-hybridized carbons (Fsp3) is 0.222. The van der Waals surface area contributed by atoms with Gasteiger partial charge in [-0.15, -0.1) is 0 Å². The standard InChI is InChI=1S/C18H19NO/c1-14-5-4-6-16(13-14)8-7-15(2)19-17-9-11-18(20-3)12-10-17/h4-6,9-13,15,19H,1-3H3/t15-/m0/s1. The molecular formula is C18H19NO. The minimum Gasteiger partial charge on any atom is -0.497 e. The summed E-state index contributed by atoms with van der Waals surface area (Å²) in [6, 6.07) is 16.2. The summed E-state index contributed by atoms with van der Waals surface area (Å²) in [4.78, 5) is 0. The molecular weight excluding hydrogens is 246 g/mol. The molecule has 0 radical (unpaired) electrons. The van der Waals surface area contributed by atoms with E-state index in [0.29, 0.717) is 0 Å². The third-order valence-electron chi connectivity index (χ3n) is 2.92. The van der Waals surface area contributed by atoms with Crippen LogP contribution in [0.4, 0.5) is 5.69 Å². The molecule has 102 valence electrons. The number of aryl methyl sites for hydroxylation is 1. The van der Waals surface area contributed by atoms with Gasteiger partial charge < -0.3 is 10.1 Å². The first-order valence-corrected chi connectivity index (χ1v) is 6.66. The van der Waals surface area contributed by atoms with Crippen molar-refractivity contribution in [1.29, 1.82) is 0 Å². The van der Waals surface area contributed by atoms with E-state index in [1.54, 1.807) is 7.11 Å². The summed E-state index contributed by atoms with van der Waals surface area (Å²) < 4.78 is 5.13. The van der Waals surface area contributed by atoms with Gasteiger partial charge in [-0.25, -0.2) is 0 Å². The number of nitrogens with one attached hydrogen (secondary N) is 1. The number of methoxy groups -OCH3 is 1. The van der Waals surface area contributed by atoms with Crippen LogP contribution in [0.1, 0.15) is 18.1 Å². The molecule has 0 aliphatic rings. The number of anilines is 1. The highest BCUT2D eigenvalue weighted by Gasteiger charge is 1.98. The molecule has 0 saturated heterocycles. The van der Waals surface area contributed by atoms with Crippen LogP contribution >= 0.6 is 0 Å². The third-order valence-corrected chi connectivity index (χ3v) is 2.92. The lowest BCUT2D eigenvalue weighted by molar-refractivity contribution is 0.415. The Balaban J connectivity index is 2.00. The van der Waals surface area contributed by atoms with E-state index >= 15 is 0 Å². The van der Waals surface area contributed by atoms with Crippen LogP contribution in [0, 0.1) is 18.8 Å². The van der Waals surface area contributed by atoms with Crippen molar-refractivity contribution in [1.82, 2.24) is 0 Å². The van der Waals surface area contributed by atoms with Gasteiger partial charge in [0.25, 0.3) is 0 Å². The Morgan fingerprint density at radius 1 is 1.10 bits per heavy atom. The van der Waals surface area contributed by atoms with Crippen LogP contribution in [0.25, 0.3) is 0 Å². The Morgan fingerprint density at radius 3 is 2.50 bits per heavy atom. The minimum absolute atomic E-state index is 0.0870. The Morgan fingerprint density at radius 2 is 1.85 bits per heavy atom. The van der Waals surface area contributed by atoms with Crippen LogP contribution in [0.3, 0.4) is 0 Å². The molecule has 1 atom stereocenters. The summed E-state index contributed by atoms with van der Waals surface area (Å²) in [5.41, 5.74) is 3.32. The molecule has 0 spiro atoms. The van der Waals surface area contributed by atoms with Crippen molar-refractivity contribution in [3.05, 3.63) is 59.7 Å². The van der Waals surface area contributed by atoms with E-state index in [9.17, 15) is 0 Å². The highest BCUT2D eigenvalue weighted by molar-refractivity contribution is 5.49. The van der Waals surface area contributed by atoms with E-state index < -0.39 is 0 Å². The molecule has 20 heavy (non-hydrogen) atoms. The molecule has 0 aliphatic carbocycles. The van der Waals surface area contributed by atoms with Crippen molar-refractivity contribution in [3.8, 4) is 17.6 Å². The molecule has 2 aromatic rings. The topological polar surface area (TPSA) is 21.3 Å². The van der Waals surface area contributed by atoms with Crippen molar-refractivity contribution < 1.29 is 4.74 Å². The predicted molar refractivity (Wildman–Crippen MR) is 84.1 cm³/mol. The second kappa shape index (κ2) is 6.68. The third kappa shape index (κ3) is 4.07. The van der Waals surface area contributed by atoms with Gasteiger partial charge in [-0.05, 0) is 55.8 Å². The molecule has 0 saturated carbocycles. The van der Waals surface area contributed by atoms with Gasteiger partial charge in [-0.3, -0.25) is 0 Å². The van der Waals surface area contributed by atoms with Gasteiger partial charge in [-0.1, -0.05) is 24.0 Å². The highest BCUT2D eigenvalue weighted by Crippen LogP contribution is 2.15. The molecule has 2 heteroatoms. The van der Waals surface area contributed by atoms with Crippen LogP contribution in [0.15, 0.2) is 48.5 Å². The van der Waals surface area contributed by atoms with Crippen LogP contribution in [0.5, 0.6) is 5.75 Å². The van der Waals surface area contributed by atoms with E-state index in [-0.39, 0.29) is 6.04 Å². The largest absolute Gasteiger partial charge is 0.497 e. The van der Waals surface area contributed by atoms with Crippen LogP contribution in [-0.4, -0.2) is 13.2 Å². The zero-order chi connectivity index (χ0) is 14.4. The Bertz CT molecular complexity index is 620. The Hall–Kier alpha value is -2.40. The van der Waals surface area contributed by atoms with E-state index in [2.05, 4.69) is 36.2 Å². The van der Waals surface area contributed by atoms with Gasteiger partial charge in [0.2, 0.25) is 0 Å². The molecule has 2 aromatic carbocycles. The number of hydrogen-bond donors (Lipinski definition) is 1. The van der Waals surface area contributed by atoms with Crippen molar-refractivity contribution in [2.75, 3.05) is 12.4 Å². The Kier molecular flexibility index (Phi) is 4.68. The predicted octanol–water partition coefficient (Wildman–Crippen LogP) is 3.86. The zero-order valence-corrected chi connectivity index (χ0v) is 12.1. The van der Waals surface area contributed by atoms with Crippen molar-refractivity contribution in [2.45, 2.75) is 19.9 Å². The number of hydrogen-bond acceptors (Lipinski definition) is 2. The van der Waals surface area contributed by atoms with Gasteiger partial charge in [-0.2, -0.15) is 0 Å². The van der Waals surface area contributed by atoms with Gasteiger partial charge in [0.15, 0.2) is 0 Å². The average molecular weight is 265 g/mol. The second-order valence-electron chi connectivity index (χ2n) is 4.73. The fourth-order valence-corrected chi connectivity index (χ4v) is 1.89. The van der Waals surface area contributed by atoms with E-state index in [1.165, 1.54) is 5.56 Å². The fourth-order valence-electron chi connectivity index (χ4n) is 1.89. The van der Waals surface area contributed by atoms with Gasteiger partial charge in [0.05, 0.1) is 13.2 Å². The van der Waals surface area contributed by atoms with Gasteiger partial charge >= 0.3 is 0 Å². The van der Waals surface area contributed by atoms with Crippen LogP contribution in [-0.2, 0) is 0 Å². The van der Waals surface area contributed by atoms with Crippen molar-refractivity contribution >= 4 is 5.69 Å². The molecule has 2 rings (SSSR count). The van der Waals surface area contributed by atoms with Gasteiger partial charge in [0.1, 0.15) is 5.75 Å². The van der Waals surface area contributed by atoms with E-state index in [0.717, 1.165) is 17.0 Å². The SMILES string of the molecule is COc1ccc(N[C@@H](C)C#Cc2cccc(C)c2)cc1. The normalized spacial score (nSPS) is 11.2. The summed E-state index contributed by atoms with van der Waals surface area (Å²) in [5.74, 6) is 7.26. The molecule has 2 nitrogen and oxygen atoms in total. The maximum atomic E-state index is 5.13. The molecule has 0 amide bonds. The molecule has 0 heterocycles. The van der Waals surface area contributed by atoms with Gasteiger partial charge in [0, 0.05) is 11.3 Å².